The molecule has 33 heavy (non-hydrogen) atoms. The van der Waals surface area contributed by atoms with Gasteiger partial charge in [0.1, 0.15) is 18.1 Å². The topological polar surface area (TPSA) is 194 Å². The minimum Gasteiger partial charge on any atom is -0.480 e. The fraction of sp³-hybridized carbons (Fsp3) is 0.762. The molecular weight excluding hydrogens is 450 g/mol. The van der Waals surface area contributed by atoms with E-state index in [2.05, 4.69) is 16.0 Å². The molecule has 0 bridgehead atoms. The minimum atomic E-state index is -1.39. The minimum absolute atomic E-state index is 0.0169. The molecule has 0 saturated heterocycles. The van der Waals surface area contributed by atoms with Crippen LogP contribution in [0.1, 0.15) is 53.4 Å². The van der Waals surface area contributed by atoms with Crippen LogP contribution in [0.5, 0.6) is 0 Å². The zero-order valence-corrected chi connectivity index (χ0v) is 20.9. The third kappa shape index (κ3) is 13.1. The number of hydrogen-bond acceptors (Lipinski definition) is 7. The van der Waals surface area contributed by atoms with Crippen LogP contribution in [-0.2, 0) is 24.0 Å². The predicted octanol–water partition coefficient (Wildman–Crippen LogP) is -0.427. The zero-order valence-electron chi connectivity index (χ0n) is 20.1. The van der Waals surface area contributed by atoms with E-state index in [-0.39, 0.29) is 24.7 Å². The molecule has 190 valence electrons. The molecule has 11 nitrogen and oxygen atoms in total. The second-order valence-electron chi connectivity index (χ2n) is 8.84. The highest BCUT2D eigenvalue weighted by Gasteiger charge is 2.31. The summed E-state index contributed by atoms with van der Waals surface area (Å²) in [6.07, 6.45) is 2.18. The van der Waals surface area contributed by atoms with E-state index in [9.17, 15) is 29.1 Å². The van der Waals surface area contributed by atoms with E-state index in [0.717, 1.165) is 0 Å². The van der Waals surface area contributed by atoms with Gasteiger partial charge in [0.15, 0.2) is 0 Å². The Labute approximate surface area is 199 Å². The van der Waals surface area contributed by atoms with Crippen LogP contribution in [0, 0.1) is 11.8 Å². The molecule has 0 saturated carbocycles. The number of amides is 4. The second kappa shape index (κ2) is 15.5. The number of aliphatic carboxylic acids is 1. The Bertz CT molecular complexity index is 688. The van der Waals surface area contributed by atoms with E-state index in [1.165, 1.54) is 11.8 Å². The van der Waals surface area contributed by atoms with Gasteiger partial charge in [-0.3, -0.25) is 19.2 Å². The van der Waals surface area contributed by atoms with Crippen LogP contribution in [0.25, 0.3) is 0 Å². The Hall–Kier alpha value is -2.34. The van der Waals surface area contributed by atoms with Crippen LogP contribution in [0.2, 0.25) is 0 Å². The van der Waals surface area contributed by atoms with Crippen molar-refractivity contribution in [2.45, 2.75) is 77.5 Å². The van der Waals surface area contributed by atoms with E-state index in [1.54, 1.807) is 13.8 Å². The summed E-state index contributed by atoms with van der Waals surface area (Å²) in [5.41, 5.74) is 11.1. The van der Waals surface area contributed by atoms with Crippen molar-refractivity contribution in [3.8, 4) is 0 Å². The van der Waals surface area contributed by atoms with Gasteiger partial charge in [-0.15, -0.1) is 0 Å². The molecule has 0 radical (unpaired) electrons. The van der Waals surface area contributed by atoms with Gasteiger partial charge in [-0.25, -0.2) is 4.79 Å². The molecule has 4 atom stereocenters. The van der Waals surface area contributed by atoms with Gasteiger partial charge in [0.2, 0.25) is 23.6 Å². The summed E-state index contributed by atoms with van der Waals surface area (Å²) < 4.78 is 0. The van der Waals surface area contributed by atoms with Gasteiger partial charge >= 0.3 is 5.97 Å². The Morgan fingerprint density at radius 3 is 1.76 bits per heavy atom. The Morgan fingerprint density at radius 2 is 1.30 bits per heavy atom. The molecule has 0 aliphatic carbocycles. The van der Waals surface area contributed by atoms with Crippen molar-refractivity contribution in [2.24, 2.45) is 23.3 Å². The average Bonchev–Trinajstić information content (AvgIpc) is 2.68. The third-order valence-corrected chi connectivity index (χ3v) is 5.31. The Morgan fingerprint density at radius 1 is 0.818 bits per heavy atom. The lowest BCUT2D eigenvalue weighted by Crippen LogP contribution is -2.58. The van der Waals surface area contributed by atoms with Crippen molar-refractivity contribution in [1.82, 2.24) is 16.0 Å². The summed E-state index contributed by atoms with van der Waals surface area (Å²) in [4.78, 5) is 61.0. The van der Waals surface area contributed by atoms with Crippen molar-refractivity contribution in [2.75, 3.05) is 12.0 Å². The molecule has 0 aliphatic heterocycles. The van der Waals surface area contributed by atoms with E-state index in [4.69, 9.17) is 11.5 Å². The molecule has 4 amide bonds. The molecule has 0 heterocycles. The summed E-state index contributed by atoms with van der Waals surface area (Å²) in [6, 6.07) is -4.36. The van der Waals surface area contributed by atoms with Gasteiger partial charge < -0.3 is 32.5 Å². The number of carbonyl (C=O) groups excluding carboxylic acids is 4. The Kier molecular flexibility index (Phi) is 14.4. The highest BCUT2D eigenvalue weighted by molar-refractivity contribution is 7.98. The molecule has 4 unspecified atom stereocenters. The zero-order chi connectivity index (χ0) is 25.7. The van der Waals surface area contributed by atoms with E-state index >= 15 is 0 Å². The molecule has 0 aliphatic rings. The van der Waals surface area contributed by atoms with Crippen LogP contribution in [0.15, 0.2) is 0 Å². The van der Waals surface area contributed by atoms with Gasteiger partial charge in [-0.2, -0.15) is 11.8 Å². The normalized spacial score (nSPS) is 14.8. The first-order valence-corrected chi connectivity index (χ1v) is 12.3. The van der Waals surface area contributed by atoms with Crippen LogP contribution < -0.4 is 27.4 Å². The van der Waals surface area contributed by atoms with Crippen molar-refractivity contribution in [1.29, 1.82) is 0 Å². The lowest BCUT2D eigenvalue weighted by atomic mass is 10.0. The predicted molar refractivity (Wildman–Crippen MR) is 127 cm³/mol. The number of carbonyl (C=O) groups is 5. The smallest absolute Gasteiger partial charge is 0.326 e. The number of hydrogen-bond donors (Lipinski definition) is 6. The van der Waals surface area contributed by atoms with Gasteiger partial charge in [0.25, 0.3) is 0 Å². The molecule has 0 rings (SSSR count). The van der Waals surface area contributed by atoms with Crippen LogP contribution in [-0.4, -0.2) is 70.9 Å². The highest BCUT2D eigenvalue weighted by atomic mass is 32.2. The maximum atomic E-state index is 12.9. The van der Waals surface area contributed by atoms with Crippen LogP contribution in [0.3, 0.4) is 0 Å². The largest absolute Gasteiger partial charge is 0.480 e. The number of nitrogens with two attached hydrogens (primary N) is 2. The van der Waals surface area contributed by atoms with Crippen molar-refractivity contribution >= 4 is 41.4 Å². The molecular formula is C21H39N5O6S. The lowest BCUT2D eigenvalue weighted by molar-refractivity contribution is -0.143. The first-order valence-electron chi connectivity index (χ1n) is 10.9. The lowest BCUT2D eigenvalue weighted by Gasteiger charge is -2.25. The maximum Gasteiger partial charge on any atom is 0.326 e. The van der Waals surface area contributed by atoms with Gasteiger partial charge in [-0.1, -0.05) is 27.7 Å². The van der Waals surface area contributed by atoms with Crippen LogP contribution >= 0.6 is 11.8 Å². The fourth-order valence-corrected chi connectivity index (χ4v) is 3.52. The number of carboxylic acid groups (broad SMARTS) is 1. The molecule has 0 aromatic rings. The maximum absolute atomic E-state index is 12.9. The van der Waals surface area contributed by atoms with Gasteiger partial charge in [0, 0.05) is 0 Å². The first-order chi connectivity index (χ1) is 15.3. The molecule has 8 N–H and O–H groups in total. The number of carboxylic acids is 1. The van der Waals surface area contributed by atoms with Crippen molar-refractivity contribution in [3.05, 3.63) is 0 Å². The molecule has 12 heteroatoms. The quantitative estimate of drug-likeness (QED) is 0.168. The summed E-state index contributed by atoms with van der Waals surface area (Å²) in [5, 5.41) is 16.7. The summed E-state index contributed by atoms with van der Waals surface area (Å²) in [7, 11) is 0. The summed E-state index contributed by atoms with van der Waals surface area (Å²) in [5.74, 6) is -3.41. The number of thioether (sulfide) groups is 1. The van der Waals surface area contributed by atoms with Crippen molar-refractivity contribution < 1.29 is 29.1 Å². The number of primary amides is 1. The SMILES string of the molecule is CSCCC(NC(=O)C(N)CC(C)C)C(=O)NC(CC(N)=O)C(=O)NC(CC(C)C)C(=O)O. The first kappa shape index (κ1) is 30.7. The van der Waals surface area contributed by atoms with Crippen LogP contribution in [0.4, 0.5) is 0 Å². The summed E-state index contributed by atoms with van der Waals surface area (Å²) in [6.45, 7) is 7.44. The molecule has 0 aromatic heterocycles. The van der Waals surface area contributed by atoms with E-state index in [0.29, 0.717) is 12.2 Å². The molecule has 0 aromatic carbocycles. The second-order valence-corrected chi connectivity index (χ2v) is 9.82. The summed E-state index contributed by atoms with van der Waals surface area (Å²) >= 11 is 1.47. The average molecular weight is 490 g/mol. The monoisotopic (exact) mass is 489 g/mol. The Balaban J connectivity index is 5.47. The molecule has 0 fully saturated rings. The van der Waals surface area contributed by atoms with E-state index < -0.39 is 60.2 Å². The highest BCUT2D eigenvalue weighted by Crippen LogP contribution is 2.08. The van der Waals surface area contributed by atoms with Gasteiger partial charge in [-0.05, 0) is 43.1 Å². The molecule has 0 spiro atoms. The number of rotatable bonds is 16. The standard InChI is InChI=1S/C21H39N5O6S/c1-11(2)8-13(22)18(28)24-14(6-7-33-5)19(29)25-15(10-17(23)27)20(30)26-16(21(31)32)9-12(3)4/h11-16H,6-10,22H2,1-5H3,(H2,23,27)(H,24,28)(H,25,29)(H,26,30)(H,31,32). The van der Waals surface area contributed by atoms with E-state index in [1.807, 2.05) is 20.1 Å². The fourth-order valence-electron chi connectivity index (χ4n) is 3.05. The number of nitrogens with one attached hydrogen (secondary N) is 3. The van der Waals surface area contributed by atoms with Crippen molar-refractivity contribution in [3.63, 3.8) is 0 Å². The van der Waals surface area contributed by atoms with Gasteiger partial charge in [0.05, 0.1) is 12.5 Å². The third-order valence-electron chi connectivity index (χ3n) is 4.67.